The van der Waals surface area contributed by atoms with Crippen molar-refractivity contribution in [2.45, 2.75) is 97.6 Å². The second kappa shape index (κ2) is 7.94. The van der Waals surface area contributed by atoms with E-state index in [0.29, 0.717) is 23.6 Å². The zero-order valence-corrected chi connectivity index (χ0v) is 19.3. The molecule has 0 bridgehead atoms. The summed E-state index contributed by atoms with van der Waals surface area (Å²) in [7, 11) is 1.43. The van der Waals surface area contributed by atoms with Crippen LogP contribution in [0, 0.1) is 35.5 Å². The van der Waals surface area contributed by atoms with Crippen molar-refractivity contribution >= 4 is 13.1 Å². The Balaban J connectivity index is 1.64. The van der Waals surface area contributed by atoms with Crippen molar-refractivity contribution in [1.29, 1.82) is 0 Å². The van der Waals surface area contributed by atoms with E-state index in [9.17, 15) is 4.79 Å². The number of carbonyl (C=O) groups is 1. The fourth-order valence-electron chi connectivity index (χ4n) is 6.15. The molecule has 1 saturated heterocycles. The standard InChI is InChI=1S/C23H41BO4/c1-14-11-17(21(25)26-8)9-10-18(14)19-12-16(3)20(13-15(19)2)24-27-22(4,5)23(6,7)28-24/h14-20H,9-13H2,1-8H3. The monoisotopic (exact) mass is 392 g/mol. The number of esters is 1. The van der Waals surface area contributed by atoms with Gasteiger partial charge in [-0.3, -0.25) is 4.79 Å². The maximum atomic E-state index is 12.0. The molecule has 2 aliphatic carbocycles. The average molecular weight is 392 g/mol. The molecular weight excluding hydrogens is 351 g/mol. The second-order valence-corrected chi connectivity index (χ2v) is 11.1. The Morgan fingerprint density at radius 2 is 1.43 bits per heavy atom. The molecule has 0 N–H and O–H groups in total. The Morgan fingerprint density at radius 1 is 0.857 bits per heavy atom. The first-order chi connectivity index (χ1) is 13.0. The van der Waals surface area contributed by atoms with Crippen molar-refractivity contribution in [2.24, 2.45) is 35.5 Å². The van der Waals surface area contributed by atoms with E-state index < -0.39 is 0 Å². The van der Waals surface area contributed by atoms with Gasteiger partial charge in [-0.15, -0.1) is 0 Å². The van der Waals surface area contributed by atoms with Crippen LogP contribution in [-0.4, -0.2) is 31.4 Å². The summed E-state index contributed by atoms with van der Waals surface area (Å²) in [6.07, 6.45) is 5.54. The first-order valence-corrected chi connectivity index (χ1v) is 11.4. The van der Waals surface area contributed by atoms with Gasteiger partial charge in [-0.1, -0.05) is 20.8 Å². The Hall–Kier alpha value is -0.545. The minimum atomic E-state index is -0.252. The third-order valence-electron chi connectivity index (χ3n) is 8.69. The largest absolute Gasteiger partial charge is 0.469 e. The number of hydrogen-bond donors (Lipinski definition) is 0. The summed E-state index contributed by atoms with van der Waals surface area (Å²) in [4.78, 5) is 12.0. The number of methoxy groups -OCH3 is 1. The number of carbonyl (C=O) groups excluding carboxylic acids is 1. The molecule has 1 aliphatic heterocycles. The maximum Gasteiger partial charge on any atom is 0.461 e. The van der Waals surface area contributed by atoms with E-state index in [1.807, 2.05) is 0 Å². The summed E-state index contributed by atoms with van der Waals surface area (Å²) in [5, 5.41) is 0. The molecule has 2 saturated carbocycles. The topological polar surface area (TPSA) is 44.8 Å². The van der Waals surface area contributed by atoms with E-state index >= 15 is 0 Å². The van der Waals surface area contributed by atoms with Crippen LogP contribution in [0.15, 0.2) is 0 Å². The molecule has 28 heavy (non-hydrogen) atoms. The van der Waals surface area contributed by atoms with Crippen LogP contribution in [-0.2, 0) is 18.8 Å². The number of hydrogen-bond acceptors (Lipinski definition) is 4. The molecule has 160 valence electrons. The Labute approximate surface area is 172 Å². The Kier molecular flexibility index (Phi) is 6.28. The van der Waals surface area contributed by atoms with Gasteiger partial charge in [0.15, 0.2) is 0 Å². The molecule has 0 radical (unpaired) electrons. The molecule has 0 aromatic carbocycles. The van der Waals surface area contributed by atoms with Gasteiger partial charge in [0.25, 0.3) is 0 Å². The molecule has 4 nitrogen and oxygen atoms in total. The van der Waals surface area contributed by atoms with Crippen molar-refractivity contribution in [2.75, 3.05) is 7.11 Å². The maximum absolute atomic E-state index is 12.0. The van der Waals surface area contributed by atoms with Crippen molar-refractivity contribution < 1.29 is 18.8 Å². The molecule has 0 spiro atoms. The highest BCUT2D eigenvalue weighted by atomic mass is 16.7. The van der Waals surface area contributed by atoms with Crippen LogP contribution in [0.2, 0.25) is 5.82 Å². The molecule has 7 atom stereocenters. The summed E-state index contributed by atoms with van der Waals surface area (Å²) in [6.45, 7) is 15.7. The SMILES string of the molecule is COC(=O)C1CCC(C2CC(C)C(B3OC(C)(C)C(C)(C)O3)CC2C)C(C)C1. The van der Waals surface area contributed by atoms with Crippen LogP contribution in [0.4, 0.5) is 0 Å². The number of rotatable bonds is 3. The summed E-state index contributed by atoms with van der Waals surface area (Å²) in [5.41, 5.74) is -0.503. The zero-order chi connectivity index (χ0) is 20.9. The minimum absolute atomic E-state index is 0.0174. The van der Waals surface area contributed by atoms with Crippen molar-refractivity contribution in [3.05, 3.63) is 0 Å². The highest BCUT2D eigenvalue weighted by Gasteiger charge is 2.56. The Morgan fingerprint density at radius 3 is 1.96 bits per heavy atom. The van der Waals surface area contributed by atoms with Crippen LogP contribution >= 0.6 is 0 Å². The van der Waals surface area contributed by atoms with Gasteiger partial charge in [-0.25, -0.2) is 0 Å². The van der Waals surface area contributed by atoms with Gasteiger partial charge >= 0.3 is 13.1 Å². The lowest BCUT2D eigenvalue weighted by atomic mass is 9.52. The third kappa shape index (κ3) is 4.03. The molecule has 0 amide bonds. The van der Waals surface area contributed by atoms with Gasteiger partial charge in [-0.05, 0) is 95.2 Å². The molecule has 7 unspecified atom stereocenters. The summed E-state index contributed by atoms with van der Waals surface area (Å²) < 4.78 is 17.8. The van der Waals surface area contributed by atoms with Crippen LogP contribution in [0.1, 0.15) is 80.6 Å². The first kappa shape index (κ1) is 22.1. The van der Waals surface area contributed by atoms with E-state index in [1.165, 1.54) is 20.0 Å². The van der Waals surface area contributed by atoms with Crippen molar-refractivity contribution in [3.63, 3.8) is 0 Å². The fraction of sp³-hybridized carbons (Fsp3) is 0.957. The van der Waals surface area contributed by atoms with E-state index in [4.69, 9.17) is 14.0 Å². The Bertz CT molecular complexity index is 559. The molecule has 0 aromatic heterocycles. The highest BCUT2D eigenvalue weighted by Crippen LogP contribution is 2.53. The van der Waals surface area contributed by atoms with Crippen molar-refractivity contribution in [3.8, 4) is 0 Å². The lowest BCUT2D eigenvalue weighted by Crippen LogP contribution is -2.42. The second-order valence-electron chi connectivity index (χ2n) is 11.1. The predicted molar refractivity (Wildman–Crippen MR) is 113 cm³/mol. The van der Waals surface area contributed by atoms with Gasteiger partial charge in [-0.2, -0.15) is 0 Å². The summed E-state index contributed by atoms with van der Waals surface area (Å²) in [5.74, 6) is 3.87. The third-order valence-corrected chi connectivity index (χ3v) is 8.69. The van der Waals surface area contributed by atoms with Gasteiger partial charge in [0.05, 0.1) is 24.2 Å². The van der Waals surface area contributed by atoms with Gasteiger partial charge in [0, 0.05) is 0 Å². The molecule has 5 heteroatoms. The van der Waals surface area contributed by atoms with E-state index in [2.05, 4.69) is 48.5 Å². The van der Waals surface area contributed by atoms with E-state index in [1.54, 1.807) is 0 Å². The molecule has 3 fully saturated rings. The first-order valence-electron chi connectivity index (χ1n) is 11.4. The lowest BCUT2D eigenvalue weighted by molar-refractivity contribution is -0.148. The van der Waals surface area contributed by atoms with Crippen molar-refractivity contribution in [1.82, 2.24) is 0 Å². The normalized spacial score (nSPS) is 43.0. The van der Waals surface area contributed by atoms with Gasteiger partial charge in [0.1, 0.15) is 0 Å². The van der Waals surface area contributed by atoms with Crippen LogP contribution in [0.5, 0.6) is 0 Å². The zero-order valence-electron chi connectivity index (χ0n) is 19.3. The predicted octanol–water partition coefficient (Wildman–Crippen LogP) is 5.36. The molecule has 3 rings (SSSR count). The summed E-state index contributed by atoms with van der Waals surface area (Å²) >= 11 is 0. The van der Waals surface area contributed by atoms with Crippen LogP contribution < -0.4 is 0 Å². The smallest absolute Gasteiger partial charge is 0.461 e. The fourth-order valence-corrected chi connectivity index (χ4v) is 6.15. The van der Waals surface area contributed by atoms with Crippen LogP contribution in [0.25, 0.3) is 0 Å². The van der Waals surface area contributed by atoms with Gasteiger partial charge in [0.2, 0.25) is 0 Å². The average Bonchev–Trinajstić information content (AvgIpc) is 2.83. The highest BCUT2D eigenvalue weighted by molar-refractivity contribution is 6.47. The summed E-state index contributed by atoms with van der Waals surface area (Å²) in [6, 6.07) is 0. The minimum Gasteiger partial charge on any atom is -0.469 e. The molecule has 0 aromatic rings. The van der Waals surface area contributed by atoms with Crippen LogP contribution in [0.3, 0.4) is 0 Å². The van der Waals surface area contributed by atoms with E-state index in [0.717, 1.165) is 31.1 Å². The number of ether oxygens (including phenoxy) is 1. The lowest BCUT2D eigenvalue weighted by Gasteiger charge is -2.46. The molecule has 3 aliphatic rings. The molecule has 1 heterocycles. The van der Waals surface area contributed by atoms with E-state index in [-0.39, 0.29) is 30.2 Å². The molecular formula is C23H41BO4. The van der Waals surface area contributed by atoms with Gasteiger partial charge < -0.3 is 14.0 Å². The quantitative estimate of drug-likeness (QED) is 0.479.